The second-order valence-electron chi connectivity index (χ2n) is 2.90. The molecular formula is C9H18N2OS. The summed E-state index contributed by atoms with van der Waals surface area (Å²) in [5.74, 6) is 0.797. The third-order valence-corrected chi connectivity index (χ3v) is 3.02. The van der Waals surface area contributed by atoms with Crippen LogP contribution in [0.3, 0.4) is 0 Å². The molecule has 3 nitrogen and oxygen atoms in total. The molecule has 0 amide bonds. The van der Waals surface area contributed by atoms with Gasteiger partial charge in [0.1, 0.15) is 6.04 Å². The number of nitrogens with zero attached hydrogens (tertiary/aromatic N) is 1. The monoisotopic (exact) mass is 202 g/mol. The Morgan fingerprint density at radius 1 is 1.62 bits per heavy atom. The highest BCUT2D eigenvalue weighted by atomic mass is 32.2. The zero-order valence-corrected chi connectivity index (χ0v) is 9.10. The SMILES string of the molecule is CCNC(C#N)CSC(C)CCO. The maximum Gasteiger partial charge on any atom is 0.104 e. The van der Waals surface area contributed by atoms with Crippen LogP contribution in [0.1, 0.15) is 20.3 Å². The van der Waals surface area contributed by atoms with Gasteiger partial charge in [0.05, 0.1) is 6.07 Å². The van der Waals surface area contributed by atoms with Gasteiger partial charge in [-0.15, -0.1) is 0 Å². The number of aliphatic hydroxyl groups excluding tert-OH is 1. The third kappa shape index (κ3) is 6.88. The Hall–Kier alpha value is -0.240. The number of hydrogen-bond donors (Lipinski definition) is 2. The Morgan fingerprint density at radius 2 is 2.31 bits per heavy atom. The molecule has 0 aromatic carbocycles. The van der Waals surface area contributed by atoms with Crippen LogP contribution in [0.15, 0.2) is 0 Å². The van der Waals surface area contributed by atoms with Gasteiger partial charge < -0.3 is 10.4 Å². The van der Waals surface area contributed by atoms with E-state index in [0.29, 0.717) is 5.25 Å². The lowest BCUT2D eigenvalue weighted by molar-refractivity contribution is 0.289. The smallest absolute Gasteiger partial charge is 0.104 e. The molecule has 0 aliphatic rings. The van der Waals surface area contributed by atoms with E-state index < -0.39 is 0 Å². The summed E-state index contributed by atoms with van der Waals surface area (Å²) >= 11 is 1.73. The summed E-state index contributed by atoms with van der Waals surface area (Å²) in [7, 11) is 0. The fourth-order valence-electron chi connectivity index (χ4n) is 0.914. The first-order valence-electron chi connectivity index (χ1n) is 4.60. The quantitative estimate of drug-likeness (QED) is 0.646. The number of thioether (sulfide) groups is 1. The van der Waals surface area contributed by atoms with Crippen molar-refractivity contribution in [1.29, 1.82) is 5.26 Å². The van der Waals surface area contributed by atoms with Crippen molar-refractivity contribution in [1.82, 2.24) is 5.32 Å². The van der Waals surface area contributed by atoms with Gasteiger partial charge in [0.2, 0.25) is 0 Å². The summed E-state index contributed by atoms with van der Waals surface area (Å²) in [6, 6.07) is 2.15. The van der Waals surface area contributed by atoms with E-state index in [4.69, 9.17) is 10.4 Å². The minimum atomic E-state index is -0.0591. The standard InChI is InChI=1S/C9H18N2OS/c1-3-11-9(6-10)7-13-8(2)4-5-12/h8-9,11-12H,3-5,7H2,1-2H3. The van der Waals surface area contributed by atoms with E-state index in [1.807, 2.05) is 6.92 Å². The molecule has 0 saturated heterocycles. The molecule has 0 bridgehead atoms. The van der Waals surface area contributed by atoms with Gasteiger partial charge in [-0.25, -0.2) is 0 Å². The van der Waals surface area contributed by atoms with Crippen LogP contribution in [0.25, 0.3) is 0 Å². The summed E-state index contributed by atoms with van der Waals surface area (Å²) < 4.78 is 0. The van der Waals surface area contributed by atoms with Gasteiger partial charge in [-0.05, 0) is 13.0 Å². The van der Waals surface area contributed by atoms with Crippen LogP contribution in [-0.2, 0) is 0 Å². The summed E-state index contributed by atoms with van der Waals surface area (Å²) in [4.78, 5) is 0. The molecule has 0 heterocycles. The Kier molecular flexibility index (Phi) is 8.21. The molecule has 2 atom stereocenters. The highest BCUT2D eigenvalue weighted by molar-refractivity contribution is 7.99. The van der Waals surface area contributed by atoms with Crippen molar-refractivity contribution in [3.8, 4) is 6.07 Å². The molecule has 0 aromatic rings. The molecule has 0 rings (SSSR count). The predicted molar refractivity (Wildman–Crippen MR) is 56.7 cm³/mol. The van der Waals surface area contributed by atoms with Crippen molar-refractivity contribution in [2.75, 3.05) is 18.9 Å². The van der Waals surface area contributed by atoms with E-state index in [0.717, 1.165) is 18.7 Å². The number of rotatable bonds is 7. The highest BCUT2D eigenvalue weighted by Gasteiger charge is 2.08. The van der Waals surface area contributed by atoms with Gasteiger partial charge in [-0.1, -0.05) is 13.8 Å². The zero-order valence-electron chi connectivity index (χ0n) is 8.29. The fraction of sp³-hybridized carbons (Fsp3) is 0.889. The molecule has 76 valence electrons. The molecule has 0 fully saturated rings. The molecule has 13 heavy (non-hydrogen) atoms. The van der Waals surface area contributed by atoms with Crippen molar-refractivity contribution in [2.24, 2.45) is 0 Å². The van der Waals surface area contributed by atoms with E-state index >= 15 is 0 Å². The van der Waals surface area contributed by atoms with Crippen molar-refractivity contribution in [3.05, 3.63) is 0 Å². The molecule has 0 saturated carbocycles. The molecule has 4 heteroatoms. The minimum absolute atomic E-state index is 0.0591. The van der Waals surface area contributed by atoms with Crippen LogP contribution in [0.2, 0.25) is 0 Å². The second kappa shape index (κ2) is 8.36. The average Bonchev–Trinajstić information content (AvgIpc) is 2.12. The average molecular weight is 202 g/mol. The first-order chi connectivity index (χ1) is 6.24. The zero-order chi connectivity index (χ0) is 10.1. The molecule has 0 aromatic heterocycles. The summed E-state index contributed by atoms with van der Waals surface area (Å²) in [6.45, 7) is 5.12. The van der Waals surface area contributed by atoms with Crippen molar-refractivity contribution < 1.29 is 5.11 Å². The summed E-state index contributed by atoms with van der Waals surface area (Å²) in [5.41, 5.74) is 0. The Morgan fingerprint density at radius 3 is 2.77 bits per heavy atom. The molecule has 0 radical (unpaired) electrons. The lowest BCUT2D eigenvalue weighted by Crippen LogP contribution is -2.30. The summed E-state index contributed by atoms with van der Waals surface area (Å²) in [6.07, 6.45) is 0.801. The van der Waals surface area contributed by atoms with Crippen molar-refractivity contribution >= 4 is 11.8 Å². The largest absolute Gasteiger partial charge is 0.396 e. The van der Waals surface area contributed by atoms with Crippen LogP contribution in [0, 0.1) is 11.3 Å². The van der Waals surface area contributed by atoms with Crippen LogP contribution in [0.4, 0.5) is 0 Å². The number of nitrogens with one attached hydrogen (secondary N) is 1. The van der Waals surface area contributed by atoms with Crippen LogP contribution >= 0.6 is 11.8 Å². The predicted octanol–water partition coefficient (Wildman–Crippen LogP) is 0.992. The van der Waals surface area contributed by atoms with Gasteiger partial charge in [-0.2, -0.15) is 17.0 Å². The molecule has 0 aliphatic heterocycles. The maximum atomic E-state index is 8.72. The molecule has 0 spiro atoms. The van der Waals surface area contributed by atoms with E-state index in [-0.39, 0.29) is 12.6 Å². The normalized spacial score (nSPS) is 14.9. The molecule has 2 unspecified atom stereocenters. The molecule has 2 N–H and O–H groups in total. The molecular weight excluding hydrogens is 184 g/mol. The lowest BCUT2D eigenvalue weighted by Gasteiger charge is -2.13. The highest BCUT2D eigenvalue weighted by Crippen LogP contribution is 2.14. The number of nitriles is 1. The summed E-state index contributed by atoms with van der Waals surface area (Å²) in [5, 5.41) is 20.9. The lowest BCUT2D eigenvalue weighted by atomic mass is 10.3. The van der Waals surface area contributed by atoms with E-state index in [2.05, 4.69) is 18.3 Å². The Bertz CT molecular complexity index is 158. The van der Waals surface area contributed by atoms with Gasteiger partial charge >= 0.3 is 0 Å². The van der Waals surface area contributed by atoms with E-state index in [1.165, 1.54) is 0 Å². The van der Waals surface area contributed by atoms with Crippen LogP contribution in [-0.4, -0.2) is 35.3 Å². The van der Waals surface area contributed by atoms with Crippen molar-refractivity contribution in [3.63, 3.8) is 0 Å². The van der Waals surface area contributed by atoms with E-state index in [9.17, 15) is 0 Å². The Labute approximate surface area is 84.5 Å². The van der Waals surface area contributed by atoms with Gasteiger partial charge in [0, 0.05) is 17.6 Å². The fourth-order valence-corrected chi connectivity index (χ4v) is 1.90. The number of hydrogen-bond acceptors (Lipinski definition) is 4. The van der Waals surface area contributed by atoms with Gasteiger partial charge in [0.25, 0.3) is 0 Å². The van der Waals surface area contributed by atoms with E-state index in [1.54, 1.807) is 11.8 Å². The van der Waals surface area contributed by atoms with Gasteiger partial charge in [-0.3, -0.25) is 0 Å². The topological polar surface area (TPSA) is 56.0 Å². The number of aliphatic hydroxyl groups is 1. The minimum Gasteiger partial charge on any atom is -0.396 e. The van der Waals surface area contributed by atoms with Crippen LogP contribution < -0.4 is 5.32 Å². The molecule has 0 aliphatic carbocycles. The van der Waals surface area contributed by atoms with Gasteiger partial charge in [0.15, 0.2) is 0 Å². The van der Waals surface area contributed by atoms with Crippen molar-refractivity contribution in [2.45, 2.75) is 31.6 Å². The second-order valence-corrected chi connectivity index (χ2v) is 4.37. The third-order valence-electron chi connectivity index (χ3n) is 1.69. The first-order valence-corrected chi connectivity index (χ1v) is 5.64. The Balaban J connectivity index is 3.54. The first kappa shape index (κ1) is 12.8. The van der Waals surface area contributed by atoms with Crippen LogP contribution in [0.5, 0.6) is 0 Å². The maximum absolute atomic E-state index is 8.72.